The van der Waals surface area contributed by atoms with Crippen LogP contribution in [-0.4, -0.2) is 34.9 Å². The van der Waals surface area contributed by atoms with Crippen LogP contribution in [0.2, 0.25) is 0 Å². The lowest BCUT2D eigenvalue weighted by Gasteiger charge is -2.24. The average Bonchev–Trinajstić information content (AvgIpc) is 2.77. The van der Waals surface area contributed by atoms with E-state index in [-0.39, 0.29) is 13.2 Å². The predicted molar refractivity (Wildman–Crippen MR) is 82.3 cm³/mol. The van der Waals surface area contributed by atoms with Gasteiger partial charge in [0.15, 0.2) is 5.41 Å². The molecule has 0 fully saturated rings. The first-order chi connectivity index (χ1) is 10.3. The molecule has 0 radical (unpaired) electrons. The van der Waals surface area contributed by atoms with Gasteiger partial charge in [-0.1, -0.05) is 0 Å². The summed E-state index contributed by atoms with van der Waals surface area (Å²) in [5.74, 6) is -1.05. The fourth-order valence-corrected chi connectivity index (χ4v) is 2.35. The van der Waals surface area contributed by atoms with Crippen molar-refractivity contribution in [3.63, 3.8) is 0 Å². The molecular formula is C16H26N2O4. The fourth-order valence-electron chi connectivity index (χ4n) is 2.35. The molecule has 0 aliphatic heterocycles. The number of nitrogens with zero attached hydrogens (tertiary/aromatic N) is 2. The SMILES string of the molecule is CCOC(=O)C(C)(CCCn1nc(C)cc1C)C(=O)OCC. The number of hydrogen-bond acceptors (Lipinski definition) is 5. The van der Waals surface area contributed by atoms with E-state index in [2.05, 4.69) is 5.10 Å². The van der Waals surface area contributed by atoms with Crippen LogP contribution in [0.25, 0.3) is 0 Å². The zero-order valence-corrected chi connectivity index (χ0v) is 14.1. The molecule has 0 saturated heterocycles. The van der Waals surface area contributed by atoms with Gasteiger partial charge < -0.3 is 9.47 Å². The van der Waals surface area contributed by atoms with Gasteiger partial charge in [0.2, 0.25) is 0 Å². The Morgan fingerprint density at radius 3 is 2.14 bits per heavy atom. The highest BCUT2D eigenvalue weighted by Crippen LogP contribution is 2.28. The van der Waals surface area contributed by atoms with E-state index in [0.717, 1.165) is 11.4 Å². The molecule has 6 heteroatoms. The van der Waals surface area contributed by atoms with Crippen molar-refractivity contribution in [2.24, 2.45) is 5.41 Å². The third kappa shape index (κ3) is 4.32. The summed E-state index contributed by atoms with van der Waals surface area (Å²) in [4.78, 5) is 24.3. The Bertz CT molecular complexity index is 504. The van der Waals surface area contributed by atoms with Crippen LogP contribution in [0.3, 0.4) is 0 Å². The summed E-state index contributed by atoms with van der Waals surface area (Å²) in [5, 5.41) is 4.38. The first kappa shape index (κ1) is 18.2. The van der Waals surface area contributed by atoms with Crippen LogP contribution in [0.4, 0.5) is 0 Å². The molecule has 0 unspecified atom stereocenters. The molecule has 1 aromatic rings. The third-order valence-electron chi connectivity index (χ3n) is 3.60. The van der Waals surface area contributed by atoms with Crippen LogP contribution in [0.1, 0.15) is 45.0 Å². The van der Waals surface area contributed by atoms with E-state index in [1.807, 2.05) is 24.6 Å². The molecule has 1 rings (SSSR count). The summed E-state index contributed by atoms with van der Waals surface area (Å²) in [5.41, 5.74) is 0.754. The van der Waals surface area contributed by atoms with Crippen LogP contribution < -0.4 is 0 Å². The molecule has 6 nitrogen and oxygen atoms in total. The van der Waals surface area contributed by atoms with Gasteiger partial charge in [0, 0.05) is 12.2 Å². The first-order valence-electron chi connectivity index (χ1n) is 7.70. The predicted octanol–water partition coefficient (Wildman–Crippen LogP) is 2.41. The topological polar surface area (TPSA) is 70.4 Å². The van der Waals surface area contributed by atoms with E-state index in [9.17, 15) is 9.59 Å². The fraction of sp³-hybridized carbons (Fsp3) is 0.688. The molecule has 124 valence electrons. The summed E-state index contributed by atoms with van der Waals surface area (Å²) in [7, 11) is 0. The highest BCUT2D eigenvalue weighted by molar-refractivity contribution is 5.99. The quantitative estimate of drug-likeness (QED) is 0.545. The maximum Gasteiger partial charge on any atom is 0.323 e. The number of hydrogen-bond donors (Lipinski definition) is 0. The van der Waals surface area contributed by atoms with Crippen molar-refractivity contribution >= 4 is 11.9 Å². The van der Waals surface area contributed by atoms with E-state index in [1.165, 1.54) is 0 Å². The molecular weight excluding hydrogens is 284 g/mol. The summed E-state index contributed by atoms with van der Waals surface area (Å²) < 4.78 is 12.0. The van der Waals surface area contributed by atoms with E-state index in [0.29, 0.717) is 19.4 Å². The molecule has 0 amide bonds. The third-order valence-corrected chi connectivity index (χ3v) is 3.60. The Hall–Kier alpha value is -1.85. The van der Waals surface area contributed by atoms with Gasteiger partial charge in [-0.3, -0.25) is 14.3 Å². The summed E-state index contributed by atoms with van der Waals surface area (Å²) in [6, 6.07) is 2.00. The highest BCUT2D eigenvalue weighted by atomic mass is 16.6. The van der Waals surface area contributed by atoms with Crippen molar-refractivity contribution in [1.82, 2.24) is 9.78 Å². The van der Waals surface area contributed by atoms with Gasteiger partial charge in [0.1, 0.15) is 0 Å². The maximum absolute atomic E-state index is 12.1. The number of aryl methyl sites for hydroxylation is 3. The molecule has 0 bridgehead atoms. The molecule has 0 aliphatic carbocycles. The zero-order chi connectivity index (χ0) is 16.8. The Morgan fingerprint density at radius 1 is 1.18 bits per heavy atom. The van der Waals surface area contributed by atoms with Crippen molar-refractivity contribution in [2.45, 2.75) is 54.0 Å². The largest absolute Gasteiger partial charge is 0.465 e. The number of rotatable bonds is 8. The number of aromatic nitrogens is 2. The molecule has 22 heavy (non-hydrogen) atoms. The lowest BCUT2D eigenvalue weighted by molar-refractivity contribution is -0.171. The van der Waals surface area contributed by atoms with Crippen molar-refractivity contribution in [3.05, 3.63) is 17.5 Å². The molecule has 0 N–H and O–H groups in total. The molecule has 0 saturated carbocycles. The molecule has 0 aromatic carbocycles. The average molecular weight is 310 g/mol. The second kappa shape index (κ2) is 7.96. The van der Waals surface area contributed by atoms with Gasteiger partial charge in [0.05, 0.1) is 18.9 Å². The summed E-state index contributed by atoms with van der Waals surface area (Å²) in [6.45, 7) is 10.1. The number of carbonyl (C=O) groups is 2. The molecule has 0 atom stereocenters. The minimum absolute atomic E-state index is 0.241. The number of esters is 2. The van der Waals surface area contributed by atoms with Crippen LogP contribution in [-0.2, 0) is 25.6 Å². The zero-order valence-electron chi connectivity index (χ0n) is 14.1. The Labute approximate surface area is 131 Å². The van der Waals surface area contributed by atoms with Crippen LogP contribution in [0.15, 0.2) is 6.07 Å². The highest BCUT2D eigenvalue weighted by Gasteiger charge is 2.43. The Balaban J connectivity index is 2.74. The molecule has 0 aliphatic rings. The number of carbonyl (C=O) groups excluding carboxylic acids is 2. The van der Waals surface area contributed by atoms with Gasteiger partial charge in [-0.05, 0) is 53.5 Å². The molecule has 1 aromatic heterocycles. The minimum atomic E-state index is -1.26. The second-order valence-electron chi connectivity index (χ2n) is 5.53. The van der Waals surface area contributed by atoms with E-state index >= 15 is 0 Å². The minimum Gasteiger partial charge on any atom is -0.465 e. The van der Waals surface area contributed by atoms with Gasteiger partial charge >= 0.3 is 11.9 Å². The van der Waals surface area contributed by atoms with Crippen molar-refractivity contribution < 1.29 is 19.1 Å². The summed E-state index contributed by atoms with van der Waals surface area (Å²) in [6.07, 6.45) is 0.999. The standard InChI is InChI=1S/C16H26N2O4/c1-6-21-14(19)16(5,15(20)22-7-2)9-8-10-18-13(4)11-12(3)17-18/h11H,6-10H2,1-5H3. The van der Waals surface area contributed by atoms with Gasteiger partial charge in [0.25, 0.3) is 0 Å². The Kier molecular flexibility index (Phi) is 6.59. The first-order valence-corrected chi connectivity index (χ1v) is 7.70. The monoisotopic (exact) mass is 310 g/mol. The molecule has 1 heterocycles. The molecule has 0 spiro atoms. The lowest BCUT2D eigenvalue weighted by atomic mass is 9.85. The van der Waals surface area contributed by atoms with E-state index in [1.54, 1.807) is 20.8 Å². The second-order valence-corrected chi connectivity index (χ2v) is 5.53. The van der Waals surface area contributed by atoms with E-state index < -0.39 is 17.4 Å². The summed E-state index contributed by atoms with van der Waals surface area (Å²) >= 11 is 0. The number of ether oxygens (including phenoxy) is 2. The maximum atomic E-state index is 12.1. The van der Waals surface area contributed by atoms with Crippen molar-refractivity contribution in [1.29, 1.82) is 0 Å². The van der Waals surface area contributed by atoms with E-state index in [4.69, 9.17) is 9.47 Å². The van der Waals surface area contributed by atoms with Gasteiger partial charge in [-0.15, -0.1) is 0 Å². The van der Waals surface area contributed by atoms with Crippen LogP contribution in [0, 0.1) is 19.3 Å². The van der Waals surface area contributed by atoms with Gasteiger partial charge in [-0.25, -0.2) is 0 Å². The van der Waals surface area contributed by atoms with Gasteiger partial charge in [-0.2, -0.15) is 5.10 Å². The van der Waals surface area contributed by atoms with Crippen LogP contribution in [0.5, 0.6) is 0 Å². The lowest BCUT2D eigenvalue weighted by Crippen LogP contribution is -2.39. The van der Waals surface area contributed by atoms with Crippen molar-refractivity contribution in [2.75, 3.05) is 13.2 Å². The Morgan fingerprint density at radius 2 is 1.73 bits per heavy atom. The normalized spacial score (nSPS) is 11.3. The van der Waals surface area contributed by atoms with Crippen LogP contribution >= 0.6 is 0 Å². The van der Waals surface area contributed by atoms with Crippen molar-refractivity contribution in [3.8, 4) is 0 Å². The smallest absolute Gasteiger partial charge is 0.323 e.